The van der Waals surface area contributed by atoms with E-state index in [4.69, 9.17) is 4.74 Å². The predicted molar refractivity (Wildman–Crippen MR) is 96.4 cm³/mol. The molecule has 1 heterocycles. The van der Waals surface area contributed by atoms with Crippen LogP contribution in [0.15, 0.2) is 65.3 Å². The summed E-state index contributed by atoms with van der Waals surface area (Å²) >= 11 is 3.39. The number of nitrogens with zero attached hydrogens (tertiary/aromatic N) is 2. The highest BCUT2D eigenvalue weighted by Gasteiger charge is 2.12. The number of rotatable bonds is 5. The smallest absolute Gasteiger partial charge is 0.257 e. The van der Waals surface area contributed by atoms with Crippen molar-refractivity contribution < 1.29 is 9.53 Å². The SMILES string of the molecule is COc1ccc(Cn2nccc2NC(=O)c2ccccc2Br)cc1. The van der Waals surface area contributed by atoms with Crippen LogP contribution in [0.1, 0.15) is 15.9 Å². The summed E-state index contributed by atoms with van der Waals surface area (Å²) in [6.07, 6.45) is 1.67. The average Bonchev–Trinajstić information content (AvgIpc) is 3.02. The third-order valence-corrected chi connectivity index (χ3v) is 4.26. The summed E-state index contributed by atoms with van der Waals surface area (Å²) in [7, 11) is 1.64. The number of nitrogens with one attached hydrogen (secondary N) is 1. The molecule has 3 aromatic rings. The number of anilines is 1. The van der Waals surface area contributed by atoms with Gasteiger partial charge in [-0.05, 0) is 45.8 Å². The van der Waals surface area contributed by atoms with Crippen LogP contribution >= 0.6 is 15.9 Å². The summed E-state index contributed by atoms with van der Waals surface area (Å²) in [5.41, 5.74) is 1.64. The van der Waals surface area contributed by atoms with Crippen LogP contribution in [0.5, 0.6) is 5.75 Å². The maximum Gasteiger partial charge on any atom is 0.257 e. The lowest BCUT2D eigenvalue weighted by Crippen LogP contribution is -2.16. The maximum absolute atomic E-state index is 12.4. The van der Waals surface area contributed by atoms with Crippen LogP contribution in [0.4, 0.5) is 5.82 Å². The van der Waals surface area contributed by atoms with Crippen molar-refractivity contribution >= 4 is 27.7 Å². The van der Waals surface area contributed by atoms with E-state index in [-0.39, 0.29) is 5.91 Å². The summed E-state index contributed by atoms with van der Waals surface area (Å²) in [5, 5.41) is 7.18. The fraction of sp³-hybridized carbons (Fsp3) is 0.111. The Labute approximate surface area is 148 Å². The van der Waals surface area contributed by atoms with Gasteiger partial charge in [-0.2, -0.15) is 5.10 Å². The van der Waals surface area contributed by atoms with Crippen molar-refractivity contribution in [1.82, 2.24) is 9.78 Å². The first-order valence-corrected chi connectivity index (χ1v) is 8.17. The molecule has 1 N–H and O–H groups in total. The van der Waals surface area contributed by atoms with E-state index in [0.717, 1.165) is 15.8 Å². The first-order valence-electron chi connectivity index (χ1n) is 7.38. The van der Waals surface area contributed by atoms with E-state index < -0.39 is 0 Å². The lowest BCUT2D eigenvalue weighted by Gasteiger charge is -2.10. The van der Waals surface area contributed by atoms with Gasteiger partial charge in [0.2, 0.25) is 0 Å². The van der Waals surface area contributed by atoms with Crippen LogP contribution in [-0.2, 0) is 6.54 Å². The van der Waals surface area contributed by atoms with Gasteiger partial charge in [0, 0.05) is 10.5 Å². The number of hydrogen-bond acceptors (Lipinski definition) is 3. The largest absolute Gasteiger partial charge is 0.497 e. The van der Waals surface area contributed by atoms with Crippen molar-refractivity contribution in [3.05, 3.63) is 76.4 Å². The number of amides is 1. The summed E-state index contributed by atoms with van der Waals surface area (Å²) in [4.78, 5) is 12.4. The van der Waals surface area contributed by atoms with Crippen molar-refractivity contribution in [2.24, 2.45) is 0 Å². The Hall–Kier alpha value is -2.60. The molecule has 122 valence electrons. The molecule has 0 aliphatic rings. The molecule has 0 saturated carbocycles. The molecule has 0 atom stereocenters. The minimum Gasteiger partial charge on any atom is -0.497 e. The van der Waals surface area contributed by atoms with Gasteiger partial charge in [-0.3, -0.25) is 4.79 Å². The maximum atomic E-state index is 12.4. The number of carbonyl (C=O) groups excluding carboxylic acids is 1. The van der Waals surface area contributed by atoms with Crippen LogP contribution in [0, 0.1) is 0 Å². The number of carbonyl (C=O) groups is 1. The molecule has 2 aromatic carbocycles. The number of methoxy groups -OCH3 is 1. The van der Waals surface area contributed by atoms with Gasteiger partial charge in [-0.1, -0.05) is 24.3 Å². The van der Waals surface area contributed by atoms with Gasteiger partial charge in [0.25, 0.3) is 5.91 Å². The van der Waals surface area contributed by atoms with E-state index in [1.165, 1.54) is 0 Å². The Morgan fingerprint density at radius 3 is 2.62 bits per heavy atom. The minimum absolute atomic E-state index is 0.182. The fourth-order valence-electron chi connectivity index (χ4n) is 2.30. The zero-order valence-electron chi connectivity index (χ0n) is 13.1. The molecule has 0 aliphatic heterocycles. The molecule has 1 amide bonds. The molecule has 0 saturated heterocycles. The quantitative estimate of drug-likeness (QED) is 0.723. The second-order valence-electron chi connectivity index (χ2n) is 5.16. The Kier molecular flexibility index (Phi) is 4.96. The third-order valence-electron chi connectivity index (χ3n) is 3.57. The summed E-state index contributed by atoms with van der Waals surface area (Å²) in [6, 6.07) is 16.8. The van der Waals surface area contributed by atoms with Crippen LogP contribution in [0.3, 0.4) is 0 Å². The minimum atomic E-state index is -0.182. The highest BCUT2D eigenvalue weighted by molar-refractivity contribution is 9.10. The van der Waals surface area contributed by atoms with Crippen molar-refractivity contribution in [2.75, 3.05) is 12.4 Å². The van der Waals surface area contributed by atoms with Crippen molar-refractivity contribution in [2.45, 2.75) is 6.54 Å². The topological polar surface area (TPSA) is 56.1 Å². The number of ether oxygens (including phenoxy) is 1. The number of benzene rings is 2. The summed E-state index contributed by atoms with van der Waals surface area (Å²) < 4.78 is 7.66. The first kappa shape index (κ1) is 16.3. The van der Waals surface area contributed by atoms with Gasteiger partial charge >= 0.3 is 0 Å². The van der Waals surface area contributed by atoms with Gasteiger partial charge in [0.15, 0.2) is 0 Å². The number of aromatic nitrogens is 2. The lowest BCUT2D eigenvalue weighted by atomic mass is 10.2. The van der Waals surface area contributed by atoms with Crippen LogP contribution < -0.4 is 10.1 Å². The summed E-state index contributed by atoms with van der Waals surface area (Å²) in [5.74, 6) is 1.27. The third kappa shape index (κ3) is 3.65. The van der Waals surface area contributed by atoms with Crippen molar-refractivity contribution in [3.63, 3.8) is 0 Å². The second-order valence-corrected chi connectivity index (χ2v) is 6.01. The molecule has 0 spiro atoms. The van der Waals surface area contributed by atoms with Crippen molar-refractivity contribution in [1.29, 1.82) is 0 Å². The zero-order valence-corrected chi connectivity index (χ0v) is 14.7. The molecule has 6 heteroatoms. The molecular formula is C18H16BrN3O2. The Morgan fingerprint density at radius 2 is 1.92 bits per heavy atom. The highest BCUT2D eigenvalue weighted by Crippen LogP contribution is 2.19. The number of halogens is 1. The van der Waals surface area contributed by atoms with E-state index in [2.05, 4.69) is 26.3 Å². The van der Waals surface area contributed by atoms with Crippen molar-refractivity contribution in [3.8, 4) is 5.75 Å². The Morgan fingerprint density at radius 1 is 1.17 bits per heavy atom. The van der Waals surface area contributed by atoms with Gasteiger partial charge in [-0.25, -0.2) is 4.68 Å². The van der Waals surface area contributed by atoms with Gasteiger partial charge < -0.3 is 10.1 Å². The molecule has 0 unspecified atom stereocenters. The second kappa shape index (κ2) is 7.31. The normalized spacial score (nSPS) is 10.4. The van der Waals surface area contributed by atoms with E-state index in [1.54, 1.807) is 30.1 Å². The first-order chi connectivity index (χ1) is 11.7. The highest BCUT2D eigenvalue weighted by atomic mass is 79.9. The summed E-state index contributed by atoms with van der Waals surface area (Å²) in [6.45, 7) is 0.558. The van der Waals surface area contributed by atoms with Gasteiger partial charge in [0.1, 0.15) is 11.6 Å². The van der Waals surface area contributed by atoms with Gasteiger partial charge in [0.05, 0.1) is 25.4 Å². The molecule has 5 nitrogen and oxygen atoms in total. The van der Waals surface area contributed by atoms with E-state index in [1.807, 2.05) is 42.5 Å². The van der Waals surface area contributed by atoms with Crippen LogP contribution in [0.2, 0.25) is 0 Å². The standard InChI is InChI=1S/C18H16BrN3O2/c1-24-14-8-6-13(7-9-14)12-22-17(10-11-20-22)21-18(23)15-4-2-3-5-16(15)19/h2-11H,12H2,1H3,(H,21,23). The molecule has 3 rings (SSSR count). The average molecular weight is 386 g/mol. The molecule has 24 heavy (non-hydrogen) atoms. The molecule has 0 fully saturated rings. The Balaban J connectivity index is 1.75. The monoisotopic (exact) mass is 385 g/mol. The van der Waals surface area contributed by atoms with Gasteiger partial charge in [-0.15, -0.1) is 0 Å². The molecule has 0 bridgehead atoms. The molecule has 0 aliphatic carbocycles. The lowest BCUT2D eigenvalue weighted by molar-refractivity contribution is 0.102. The van der Waals surface area contributed by atoms with E-state index in [9.17, 15) is 4.79 Å². The Bertz CT molecular complexity index is 843. The van der Waals surface area contributed by atoms with Crippen LogP contribution in [0.25, 0.3) is 0 Å². The predicted octanol–water partition coefficient (Wildman–Crippen LogP) is 3.95. The fourth-order valence-corrected chi connectivity index (χ4v) is 2.76. The van der Waals surface area contributed by atoms with Crippen LogP contribution in [-0.4, -0.2) is 22.8 Å². The molecule has 0 radical (unpaired) electrons. The number of hydrogen-bond donors (Lipinski definition) is 1. The van der Waals surface area contributed by atoms with E-state index in [0.29, 0.717) is 17.9 Å². The molecule has 1 aromatic heterocycles. The van der Waals surface area contributed by atoms with E-state index >= 15 is 0 Å². The molecular weight excluding hydrogens is 370 g/mol. The zero-order chi connectivity index (χ0) is 16.9.